The maximum Gasteiger partial charge on any atom is 0.191 e. The van der Waals surface area contributed by atoms with Crippen LogP contribution in [0, 0.1) is 13.8 Å². The quantitative estimate of drug-likeness (QED) is 0.559. The molecule has 26 heavy (non-hydrogen) atoms. The largest absolute Gasteiger partial charge is 0.376 e. The minimum Gasteiger partial charge on any atom is -0.376 e. The average Bonchev–Trinajstić information content (AvgIpc) is 3.35. The second-order valence-corrected chi connectivity index (χ2v) is 7.50. The number of ether oxygens (including phenoxy) is 1. The number of aryl methyl sites for hydroxylation is 2. The van der Waals surface area contributed by atoms with Crippen LogP contribution in [0.1, 0.15) is 35.2 Å². The first-order valence-corrected chi connectivity index (χ1v) is 9.89. The second-order valence-electron chi connectivity index (χ2n) is 6.44. The van der Waals surface area contributed by atoms with Gasteiger partial charge in [0.25, 0.3) is 0 Å². The molecule has 3 rings (SSSR count). The zero-order chi connectivity index (χ0) is 18.4. The zero-order valence-electron chi connectivity index (χ0n) is 15.7. The molecule has 3 heterocycles. The monoisotopic (exact) mass is 377 g/mol. The molecule has 0 bridgehead atoms. The molecule has 2 N–H and O–H groups in total. The zero-order valence-corrected chi connectivity index (χ0v) is 16.5. The van der Waals surface area contributed by atoms with Crippen molar-refractivity contribution < 1.29 is 4.74 Å². The van der Waals surface area contributed by atoms with Crippen LogP contribution in [0.25, 0.3) is 0 Å². The van der Waals surface area contributed by atoms with Crippen molar-refractivity contribution in [3.63, 3.8) is 0 Å². The molecule has 0 spiro atoms. The lowest BCUT2D eigenvalue weighted by Crippen LogP contribution is -2.42. The number of hydrogen-bond donors (Lipinski definition) is 2. The molecule has 1 atom stereocenters. The van der Waals surface area contributed by atoms with Gasteiger partial charge in [-0.25, -0.2) is 9.98 Å². The summed E-state index contributed by atoms with van der Waals surface area (Å²) in [5, 5.41) is 18.2. The van der Waals surface area contributed by atoms with Crippen molar-refractivity contribution in [2.24, 2.45) is 12.0 Å². The van der Waals surface area contributed by atoms with Gasteiger partial charge < -0.3 is 19.9 Å². The molecule has 2 aromatic heterocycles. The summed E-state index contributed by atoms with van der Waals surface area (Å²) < 4.78 is 7.64. The third-order valence-corrected chi connectivity index (χ3v) is 5.24. The fourth-order valence-electron chi connectivity index (χ4n) is 2.76. The molecule has 0 amide bonds. The third kappa shape index (κ3) is 5.25. The van der Waals surface area contributed by atoms with E-state index in [9.17, 15) is 0 Å². The Morgan fingerprint density at radius 2 is 2.27 bits per heavy atom. The Morgan fingerprint density at radius 1 is 1.38 bits per heavy atom. The fraction of sp³-hybridized carbons (Fsp3) is 0.647. The number of aliphatic imine (C=N–C) groups is 1. The molecule has 8 nitrogen and oxygen atoms in total. The van der Waals surface area contributed by atoms with E-state index in [1.165, 1.54) is 0 Å². The van der Waals surface area contributed by atoms with Crippen LogP contribution >= 0.6 is 11.3 Å². The van der Waals surface area contributed by atoms with Crippen molar-refractivity contribution in [2.75, 3.05) is 19.7 Å². The number of thiazole rings is 1. The Bertz CT molecular complexity index is 733. The van der Waals surface area contributed by atoms with E-state index in [1.807, 2.05) is 25.5 Å². The number of hydrogen-bond acceptors (Lipinski definition) is 6. The standard InChI is InChI=1S/C17H27N7OS/c1-12-22-23-16(24(12)3)10-20-17(19-9-15-5-4-8-25-15)18-7-6-14-11-26-13(2)21-14/h11,15H,4-10H2,1-3H3,(H2,18,19,20). The molecule has 9 heteroatoms. The van der Waals surface area contributed by atoms with Gasteiger partial charge in [0.1, 0.15) is 12.4 Å². The minimum atomic E-state index is 0.264. The van der Waals surface area contributed by atoms with Gasteiger partial charge in [0, 0.05) is 38.5 Å². The van der Waals surface area contributed by atoms with Crippen LogP contribution < -0.4 is 10.6 Å². The van der Waals surface area contributed by atoms with E-state index in [1.54, 1.807) is 11.3 Å². The van der Waals surface area contributed by atoms with Crippen LogP contribution in [0.15, 0.2) is 10.4 Å². The van der Waals surface area contributed by atoms with Crippen LogP contribution in [-0.4, -0.2) is 51.5 Å². The van der Waals surface area contributed by atoms with Gasteiger partial charge in [0.05, 0.1) is 16.8 Å². The van der Waals surface area contributed by atoms with Crippen molar-refractivity contribution in [2.45, 2.75) is 45.8 Å². The molecule has 1 unspecified atom stereocenters. The molecule has 1 fully saturated rings. The van der Waals surface area contributed by atoms with Gasteiger partial charge in [-0.2, -0.15) is 0 Å². The molecule has 1 saturated heterocycles. The molecular formula is C17H27N7OS. The maximum atomic E-state index is 5.68. The molecule has 2 aromatic rings. The summed E-state index contributed by atoms with van der Waals surface area (Å²) in [6, 6.07) is 0. The van der Waals surface area contributed by atoms with Crippen molar-refractivity contribution in [1.82, 2.24) is 30.4 Å². The minimum absolute atomic E-state index is 0.264. The van der Waals surface area contributed by atoms with Gasteiger partial charge in [-0.05, 0) is 26.7 Å². The maximum absolute atomic E-state index is 5.68. The molecule has 1 aliphatic rings. The van der Waals surface area contributed by atoms with E-state index in [0.717, 1.165) is 67.3 Å². The van der Waals surface area contributed by atoms with Gasteiger partial charge in [0.15, 0.2) is 11.8 Å². The van der Waals surface area contributed by atoms with E-state index in [2.05, 4.69) is 36.2 Å². The molecular weight excluding hydrogens is 350 g/mol. The van der Waals surface area contributed by atoms with Crippen molar-refractivity contribution in [3.8, 4) is 0 Å². The van der Waals surface area contributed by atoms with Gasteiger partial charge in [-0.3, -0.25) is 0 Å². The van der Waals surface area contributed by atoms with Crippen molar-refractivity contribution >= 4 is 17.3 Å². The summed E-state index contributed by atoms with van der Waals surface area (Å²) in [5.41, 5.74) is 1.11. The summed E-state index contributed by atoms with van der Waals surface area (Å²) in [6.07, 6.45) is 3.36. The Morgan fingerprint density at radius 3 is 2.92 bits per heavy atom. The van der Waals surface area contributed by atoms with Crippen LogP contribution in [0.3, 0.4) is 0 Å². The van der Waals surface area contributed by atoms with E-state index in [4.69, 9.17) is 4.74 Å². The van der Waals surface area contributed by atoms with Crippen LogP contribution in [0.5, 0.6) is 0 Å². The number of nitrogens with one attached hydrogen (secondary N) is 2. The normalized spacial score (nSPS) is 17.7. The average molecular weight is 378 g/mol. The van der Waals surface area contributed by atoms with E-state index >= 15 is 0 Å². The predicted molar refractivity (Wildman–Crippen MR) is 102 cm³/mol. The third-order valence-electron chi connectivity index (χ3n) is 4.42. The summed E-state index contributed by atoms with van der Waals surface area (Å²) in [5.74, 6) is 2.50. The highest BCUT2D eigenvalue weighted by Crippen LogP contribution is 2.10. The number of nitrogens with zero attached hydrogens (tertiary/aromatic N) is 5. The lowest BCUT2D eigenvalue weighted by Gasteiger charge is -2.15. The van der Waals surface area contributed by atoms with E-state index in [-0.39, 0.29) is 6.10 Å². The SMILES string of the molecule is Cc1nc(CCNC(=NCc2nnc(C)n2C)NCC2CCCO2)cs1. The van der Waals surface area contributed by atoms with Crippen LogP contribution in [0.2, 0.25) is 0 Å². The number of aromatic nitrogens is 4. The van der Waals surface area contributed by atoms with Gasteiger partial charge in [-0.15, -0.1) is 21.5 Å². The molecule has 0 radical (unpaired) electrons. The number of rotatable bonds is 7. The fourth-order valence-corrected chi connectivity index (χ4v) is 3.41. The summed E-state index contributed by atoms with van der Waals surface area (Å²) >= 11 is 1.68. The van der Waals surface area contributed by atoms with E-state index in [0.29, 0.717) is 6.54 Å². The molecule has 142 valence electrons. The highest BCUT2D eigenvalue weighted by Gasteiger charge is 2.15. The first-order chi connectivity index (χ1) is 12.6. The Balaban J connectivity index is 1.56. The van der Waals surface area contributed by atoms with Crippen LogP contribution in [-0.2, 0) is 24.8 Å². The smallest absolute Gasteiger partial charge is 0.191 e. The lowest BCUT2D eigenvalue weighted by molar-refractivity contribution is 0.114. The van der Waals surface area contributed by atoms with Crippen molar-refractivity contribution in [3.05, 3.63) is 27.7 Å². The summed E-state index contributed by atoms with van der Waals surface area (Å²) in [4.78, 5) is 9.16. The van der Waals surface area contributed by atoms with E-state index < -0.39 is 0 Å². The van der Waals surface area contributed by atoms with Gasteiger partial charge in [-0.1, -0.05) is 0 Å². The Kier molecular flexibility index (Phi) is 6.56. The first kappa shape index (κ1) is 18.8. The number of guanidine groups is 1. The molecule has 1 aliphatic heterocycles. The predicted octanol–water partition coefficient (Wildman–Crippen LogP) is 1.35. The first-order valence-electron chi connectivity index (χ1n) is 9.01. The highest BCUT2D eigenvalue weighted by atomic mass is 32.1. The van der Waals surface area contributed by atoms with Gasteiger partial charge in [0.2, 0.25) is 0 Å². The molecule has 0 aromatic carbocycles. The van der Waals surface area contributed by atoms with Crippen molar-refractivity contribution in [1.29, 1.82) is 0 Å². The summed E-state index contributed by atoms with van der Waals surface area (Å²) in [6.45, 7) is 6.84. The molecule has 0 aliphatic carbocycles. The highest BCUT2D eigenvalue weighted by molar-refractivity contribution is 7.09. The second kappa shape index (κ2) is 9.09. The topological polar surface area (TPSA) is 89.3 Å². The Hall–Kier alpha value is -2.00. The van der Waals surface area contributed by atoms with Gasteiger partial charge >= 0.3 is 0 Å². The Labute approximate surface area is 158 Å². The van der Waals surface area contributed by atoms with Crippen LogP contribution in [0.4, 0.5) is 0 Å². The molecule has 0 saturated carbocycles. The summed E-state index contributed by atoms with van der Waals surface area (Å²) in [7, 11) is 1.96. The lowest BCUT2D eigenvalue weighted by atomic mass is 10.2.